The van der Waals surface area contributed by atoms with Crippen molar-refractivity contribution < 1.29 is 9.47 Å². The number of aryl methyl sites for hydroxylation is 1. The van der Waals surface area contributed by atoms with E-state index in [0.717, 1.165) is 17.0 Å². The largest absolute Gasteiger partial charge is 0.495 e. The number of nitrogens with zero attached hydrogens (tertiary/aromatic N) is 6. The minimum absolute atomic E-state index is 0.294. The van der Waals surface area contributed by atoms with Crippen LogP contribution >= 0.6 is 23.2 Å². The second kappa shape index (κ2) is 10.4. The van der Waals surface area contributed by atoms with Gasteiger partial charge in [-0.05, 0) is 13.1 Å². The Bertz CT molecular complexity index is 1230. The fourth-order valence-electron chi connectivity index (χ4n) is 3.56. The van der Waals surface area contributed by atoms with Crippen LogP contribution in [-0.2, 0) is 13.5 Å². The maximum atomic E-state index is 6.60. The summed E-state index contributed by atoms with van der Waals surface area (Å²) in [6.07, 6.45) is 9.95. The first-order valence-corrected chi connectivity index (χ1v) is 11.3. The predicted octanol–water partition coefficient (Wildman–Crippen LogP) is 4.07. The third kappa shape index (κ3) is 4.72. The van der Waals surface area contributed by atoms with Gasteiger partial charge >= 0.3 is 0 Å². The Kier molecular flexibility index (Phi) is 7.35. The lowest BCUT2D eigenvalue weighted by Crippen LogP contribution is -2.36. The van der Waals surface area contributed by atoms with Gasteiger partial charge in [0.2, 0.25) is 0 Å². The van der Waals surface area contributed by atoms with E-state index in [1.54, 1.807) is 23.1 Å². The van der Waals surface area contributed by atoms with E-state index in [4.69, 9.17) is 47.6 Å². The standard InChI is InChI=1S/C23H25Cl2N7O2/c1-26-8-9-32-19(30-22-20(24)17(33-3)10-18(34-4)21(22)25)7-5-6-15-23(32)29-16(12-27-15)14-11-28-31(2)13-14/h5,7,10-13,26H,6,8-9H2,1-4H3. The number of methoxy groups -OCH3 is 2. The predicted molar refractivity (Wildman–Crippen MR) is 135 cm³/mol. The summed E-state index contributed by atoms with van der Waals surface area (Å²) in [5.74, 6) is 2.16. The van der Waals surface area contributed by atoms with Gasteiger partial charge in [0.25, 0.3) is 0 Å². The molecule has 3 heterocycles. The summed E-state index contributed by atoms with van der Waals surface area (Å²) in [6, 6.07) is 1.64. The maximum absolute atomic E-state index is 6.60. The van der Waals surface area contributed by atoms with Gasteiger partial charge in [-0.25, -0.2) is 9.98 Å². The zero-order chi connectivity index (χ0) is 24.2. The second-order valence-corrected chi connectivity index (χ2v) is 8.27. The second-order valence-electron chi connectivity index (χ2n) is 7.52. The fourth-order valence-corrected chi connectivity index (χ4v) is 4.14. The number of halogens is 2. The Balaban J connectivity index is 1.87. The van der Waals surface area contributed by atoms with Gasteiger partial charge in [0.1, 0.15) is 33.1 Å². The van der Waals surface area contributed by atoms with Gasteiger partial charge in [-0.1, -0.05) is 29.3 Å². The number of aromatic nitrogens is 4. The van der Waals surface area contributed by atoms with Gasteiger partial charge in [-0.2, -0.15) is 5.10 Å². The van der Waals surface area contributed by atoms with Crippen molar-refractivity contribution in [2.24, 2.45) is 12.0 Å². The average molecular weight is 502 g/mol. The minimum Gasteiger partial charge on any atom is -0.495 e. The number of fused-ring (bicyclic) bond motifs is 1. The topological polar surface area (TPSA) is 89.7 Å². The van der Waals surface area contributed by atoms with Gasteiger partial charge in [-0.3, -0.25) is 9.67 Å². The lowest BCUT2D eigenvalue weighted by atomic mass is 10.2. The molecule has 0 fully saturated rings. The van der Waals surface area contributed by atoms with Crippen molar-refractivity contribution in [1.29, 1.82) is 0 Å². The quantitative estimate of drug-likeness (QED) is 0.521. The summed E-state index contributed by atoms with van der Waals surface area (Å²) >= 11 is 13.2. The third-order valence-electron chi connectivity index (χ3n) is 5.30. The van der Waals surface area contributed by atoms with Crippen molar-refractivity contribution in [3.8, 4) is 22.8 Å². The molecule has 2 aromatic heterocycles. The highest BCUT2D eigenvalue weighted by Crippen LogP contribution is 2.46. The third-order valence-corrected chi connectivity index (χ3v) is 6.03. The molecule has 178 valence electrons. The van der Waals surface area contributed by atoms with Crippen molar-refractivity contribution >= 4 is 40.5 Å². The van der Waals surface area contributed by atoms with Crippen LogP contribution in [0, 0.1) is 0 Å². The number of benzene rings is 1. The summed E-state index contributed by atoms with van der Waals surface area (Å²) < 4.78 is 12.5. The van der Waals surface area contributed by atoms with E-state index < -0.39 is 0 Å². The molecule has 11 heteroatoms. The number of likely N-dealkylation sites (N-methyl/N-ethyl adjacent to an activating group) is 1. The molecule has 0 atom stereocenters. The van der Waals surface area contributed by atoms with E-state index in [1.807, 2.05) is 37.3 Å². The zero-order valence-corrected chi connectivity index (χ0v) is 20.9. The van der Waals surface area contributed by atoms with Gasteiger partial charge < -0.3 is 19.7 Å². The lowest BCUT2D eigenvalue weighted by Gasteiger charge is -2.25. The Morgan fingerprint density at radius 2 is 1.88 bits per heavy atom. The molecule has 1 aromatic carbocycles. The molecule has 0 radical (unpaired) electrons. The molecule has 0 spiro atoms. The highest BCUT2D eigenvalue weighted by atomic mass is 35.5. The van der Waals surface area contributed by atoms with Crippen molar-refractivity contribution in [3.05, 3.63) is 52.5 Å². The van der Waals surface area contributed by atoms with Crippen LogP contribution in [-0.4, -0.2) is 59.9 Å². The van der Waals surface area contributed by atoms with Crippen LogP contribution in [0.25, 0.3) is 11.3 Å². The Hall–Kier alpha value is -3.14. The van der Waals surface area contributed by atoms with Crippen LogP contribution in [0.4, 0.5) is 11.5 Å². The highest BCUT2D eigenvalue weighted by molar-refractivity contribution is 6.41. The minimum atomic E-state index is 0.294. The monoisotopic (exact) mass is 501 g/mol. The first-order chi connectivity index (χ1) is 16.5. The average Bonchev–Trinajstić information content (AvgIpc) is 3.20. The summed E-state index contributed by atoms with van der Waals surface area (Å²) in [5, 5.41) is 8.02. The number of hydrogen-bond donors (Lipinski definition) is 1. The van der Waals surface area contributed by atoms with E-state index in [1.165, 1.54) is 14.2 Å². The smallest absolute Gasteiger partial charge is 0.157 e. The van der Waals surface area contributed by atoms with E-state index in [0.29, 0.717) is 58.4 Å². The first-order valence-electron chi connectivity index (χ1n) is 10.6. The zero-order valence-electron chi connectivity index (χ0n) is 19.3. The molecular weight excluding hydrogens is 477 g/mol. The van der Waals surface area contributed by atoms with Crippen molar-refractivity contribution in [3.63, 3.8) is 0 Å². The number of aliphatic imine (C=N–C) groups is 1. The van der Waals surface area contributed by atoms with Gasteiger partial charge in [0.05, 0.1) is 38.0 Å². The number of anilines is 1. The molecule has 0 saturated heterocycles. The van der Waals surface area contributed by atoms with Crippen molar-refractivity contribution in [2.75, 3.05) is 39.3 Å². The molecule has 1 aliphatic rings. The van der Waals surface area contributed by atoms with Gasteiger partial charge in [0, 0.05) is 44.4 Å². The Labute approximate surface area is 208 Å². The van der Waals surface area contributed by atoms with Crippen LogP contribution in [0.1, 0.15) is 5.69 Å². The Morgan fingerprint density at radius 3 is 2.50 bits per heavy atom. The molecule has 1 aliphatic heterocycles. The number of allylic oxidation sites excluding steroid dienone is 1. The van der Waals surface area contributed by atoms with E-state index in [9.17, 15) is 0 Å². The lowest BCUT2D eigenvalue weighted by molar-refractivity contribution is 0.395. The normalized spacial score (nSPS) is 14.3. The number of hydrogen-bond acceptors (Lipinski definition) is 7. The molecule has 9 nitrogen and oxygen atoms in total. The van der Waals surface area contributed by atoms with E-state index >= 15 is 0 Å². The molecule has 0 saturated carbocycles. The fraction of sp³-hybridized carbons (Fsp3) is 0.304. The van der Waals surface area contributed by atoms with Crippen LogP contribution in [0.15, 0.2) is 41.8 Å². The summed E-state index contributed by atoms with van der Waals surface area (Å²) in [5.41, 5.74) is 2.80. The Morgan fingerprint density at radius 1 is 1.15 bits per heavy atom. The number of rotatable bonds is 7. The molecule has 0 unspecified atom stereocenters. The summed E-state index contributed by atoms with van der Waals surface area (Å²) in [6.45, 7) is 1.28. The van der Waals surface area contributed by atoms with Crippen LogP contribution in [0.5, 0.6) is 11.5 Å². The SMILES string of the molecule is CNCCN1C(=Nc2c(Cl)c(OC)cc(OC)c2Cl)C=CCc2ncc(-c3cnn(C)c3)nc21. The maximum Gasteiger partial charge on any atom is 0.157 e. The molecule has 0 amide bonds. The van der Waals surface area contributed by atoms with Crippen molar-refractivity contribution in [2.45, 2.75) is 6.42 Å². The van der Waals surface area contributed by atoms with E-state index in [2.05, 4.69) is 10.4 Å². The molecule has 4 rings (SSSR count). The van der Waals surface area contributed by atoms with E-state index in [-0.39, 0.29) is 0 Å². The van der Waals surface area contributed by atoms with Gasteiger partial charge in [0.15, 0.2) is 5.82 Å². The number of amidine groups is 1. The number of ether oxygens (including phenoxy) is 2. The van der Waals surface area contributed by atoms with Crippen molar-refractivity contribution in [1.82, 2.24) is 25.1 Å². The summed E-state index contributed by atoms with van der Waals surface area (Å²) in [7, 11) is 6.82. The highest BCUT2D eigenvalue weighted by Gasteiger charge is 2.24. The molecule has 34 heavy (non-hydrogen) atoms. The van der Waals surface area contributed by atoms with Crippen LogP contribution in [0.2, 0.25) is 10.0 Å². The molecule has 1 N–H and O–H groups in total. The first kappa shape index (κ1) is 24.0. The molecule has 3 aromatic rings. The summed E-state index contributed by atoms with van der Waals surface area (Å²) in [4.78, 5) is 16.5. The van der Waals surface area contributed by atoms with Crippen LogP contribution < -0.4 is 19.7 Å². The number of nitrogens with one attached hydrogen (secondary N) is 1. The van der Waals surface area contributed by atoms with Gasteiger partial charge in [-0.15, -0.1) is 0 Å². The van der Waals surface area contributed by atoms with Crippen LogP contribution in [0.3, 0.4) is 0 Å². The molecular formula is C23H25Cl2N7O2. The molecule has 0 aliphatic carbocycles. The molecule has 0 bridgehead atoms.